The number of guanidine groups is 1. The van der Waals surface area contributed by atoms with Crippen molar-refractivity contribution in [3.8, 4) is 0 Å². The fourth-order valence-electron chi connectivity index (χ4n) is 2.90. The molecule has 5 nitrogen and oxygen atoms in total. The standard InChI is InChI=1S/C19H28F3N3O2/c1-23-18(24-10-3-11-27-17-8-12-26-13-9-17)25(2)14-15-4-6-16(7-5-15)19(20,21)22/h4-7,17H,3,8-14H2,1-2H3,(H,23,24). The molecule has 0 amide bonds. The Morgan fingerprint density at radius 1 is 1.26 bits per heavy atom. The van der Waals surface area contributed by atoms with Crippen LogP contribution in [0.1, 0.15) is 30.4 Å². The minimum absolute atomic E-state index is 0.292. The van der Waals surface area contributed by atoms with Crippen LogP contribution >= 0.6 is 0 Å². The third kappa shape index (κ3) is 7.38. The third-order valence-electron chi connectivity index (χ3n) is 4.40. The Bertz CT molecular complexity index is 585. The normalized spacial score (nSPS) is 16.4. The highest BCUT2D eigenvalue weighted by Crippen LogP contribution is 2.29. The minimum Gasteiger partial charge on any atom is -0.381 e. The zero-order chi connectivity index (χ0) is 19.7. The fourth-order valence-corrected chi connectivity index (χ4v) is 2.90. The Morgan fingerprint density at radius 3 is 2.52 bits per heavy atom. The van der Waals surface area contributed by atoms with E-state index in [1.54, 1.807) is 7.05 Å². The maximum atomic E-state index is 12.6. The van der Waals surface area contributed by atoms with Crippen LogP contribution < -0.4 is 5.32 Å². The van der Waals surface area contributed by atoms with Gasteiger partial charge < -0.3 is 19.7 Å². The van der Waals surface area contributed by atoms with Gasteiger partial charge in [-0.05, 0) is 37.0 Å². The van der Waals surface area contributed by atoms with Gasteiger partial charge in [-0.1, -0.05) is 12.1 Å². The zero-order valence-corrected chi connectivity index (χ0v) is 15.9. The average Bonchev–Trinajstić information content (AvgIpc) is 2.65. The van der Waals surface area contributed by atoms with Crippen molar-refractivity contribution >= 4 is 5.96 Å². The summed E-state index contributed by atoms with van der Waals surface area (Å²) >= 11 is 0. The molecular formula is C19H28F3N3O2. The summed E-state index contributed by atoms with van der Waals surface area (Å²) in [7, 11) is 3.54. The van der Waals surface area contributed by atoms with Crippen molar-refractivity contribution in [2.75, 3.05) is 40.5 Å². The fraction of sp³-hybridized carbons (Fsp3) is 0.632. The minimum atomic E-state index is -4.31. The number of ether oxygens (including phenoxy) is 2. The number of halogens is 3. The van der Waals surface area contributed by atoms with Crippen LogP contribution in [0.15, 0.2) is 29.3 Å². The SMILES string of the molecule is CN=C(NCCCOC1CCOCC1)N(C)Cc1ccc(C(F)(F)F)cc1. The Kier molecular flexibility index (Phi) is 8.37. The van der Waals surface area contributed by atoms with Crippen molar-refractivity contribution in [1.29, 1.82) is 0 Å². The molecule has 1 aromatic rings. The molecule has 8 heteroatoms. The molecule has 0 spiro atoms. The summed E-state index contributed by atoms with van der Waals surface area (Å²) < 4.78 is 49.0. The molecule has 0 saturated carbocycles. The topological polar surface area (TPSA) is 46.1 Å². The molecule has 1 aromatic carbocycles. The van der Waals surface area contributed by atoms with Crippen LogP contribution in [0.5, 0.6) is 0 Å². The van der Waals surface area contributed by atoms with Gasteiger partial charge in [0.15, 0.2) is 5.96 Å². The van der Waals surface area contributed by atoms with E-state index in [1.807, 2.05) is 11.9 Å². The van der Waals surface area contributed by atoms with Gasteiger partial charge in [-0.15, -0.1) is 0 Å². The van der Waals surface area contributed by atoms with Crippen LogP contribution in [0, 0.1) is 0 Å². The molecule has 1 N–H and O–H groups in total. The van der Waals surface area contributed by atoms with Crippen LogP contribution in [0.3, 0.4) is 0 Å². The van der Waals surface area contributed by atoms with Crippen molar-refractivity contribution in [2.24, 2.45) is 4.99 Å². The van der Waals surface area contributed by atoms with Gasteiger partial charge in [0.1, 0.15) is 0 Å². The Morgan fingerprint density at radius 2 is 1.93 bits per heavy atom. The highest BCUT2D eigenvalue weighted by Gasteiger charge is 2.29. The number of benzene rings is 1. The number of aliphatic imine (C=N–C) groups is 1. The summed E-state index contributed by atoms with van der Waals surface area (Å²) in [4.78, 5) is 6.10. The molecule has 2 rings (SSSR count). The molecule has 1 heterocycles. The van der Waals surface area contributed by atoms with Crippen LogP contribution in [0.2, 0.25) is 0 Å². The quantitative estimate of drug-likeness (QED) is 0.443. The predicted molar refractivity (Wildman–Crippen MR) is 98.7 cm³/mol. The Balaban J connectivity index is 1.71. The van der Waals surface area contributed by atoms with Gasteiger partial charge in [-0.3, -0.25) is 4.99 Å². The molecule has 27 heavy (non-hydrogen) atoms. The number of rotatable bonds is 7. The van der Waals surface area contributed by atoms with Gasteiger partial charge in [0.25, 0.3) is 0 Å². The summed E-state index contributed by atoms with van der Waals surface area (Å²) in [6.45, 7) is 3.40. The zero-order valence-electron chi connectivity index (χ0n) is 15.9. The highest BCUT2D eigenvalue weighted by molar-refractivity contribution is 5.79. The lowest BCUT2D eigenvalue weighted by atomic mass is 10.1. The summed E-state index contributed by atoms with van der Waals surface area (Å²) in [5.41, 5.74) is 0.150. The molecule has 0 unspecified atom stereocenters. The van der Waals surface area contributed by atoms with Gasteiger partial charge in [0.05, 0.1) is 11.7 Å². The molecule has 0 radical (unpaired) electrons. The van der Waals surface area contributed by atoms with E-state index in [9.17, 15) is 13.2 Å². The molecule has 1 aliphatic heterocycles. The van der Waals surface area contributed by atoms with E-state index in [4.69, 9.17) is 9.47 Å². The second-order valence-corrected chi connectivity index (χ2v) is 6.56. The van der Waals surface area contributed by atoms with E-state index in [2.05, 4.69) is 10.3 Å². The van der Waals surface area contributed by atoms with Crippen molar-refractivity contribution in [3.63, 3.8) is 0 Å². The highest BCUT2D eigenvalue weighted by atomic mass is 19.4. The third-order valence-corrected chi connectivity index (χ3v) is 4.40. The molecule has 0 atom stereocenters. The number of hydrogen-bond donors (Lipinski definition) is 1. The van der Waals surface area contributed by atoms with Gasteiger partial charge in [-0.2, -0.15) is 13.2 Å². The van der Waals surface area contributed by atoms with Crippen LogP contribution in [-0.4, -0.2) is 57.4 Å². The largest absolute Gasteiger partial charge is 0.416 e. The smallest absolute Gasteiger partial charge is 0.381 e. The van der Waals surface area contributed by atoms with Crippen molar-refractivity contribution in [2.45, 2.75) is 38.1 Å². The maximum Gasteiger partial charge on any atom is 0.416 e. The summed E-state index contributed by atoms with van der Waals surface area (Å²) in [5.74, 6) is 0.695. The molecule has 1 saturated heterocycles. The van der Waals surface area contributed by atoms with E-state index in [0.29, 0.717) is 31.8 Å². The number of nitrogens with zero attached hydrogens (tertiary/aromatic N) is 2. The van der Waals surface area contributed by atoms with E-state index in [1.165, 1.54) is 12.1 Å². The van der Waals surface area contributed by atoms with Gasteiger partial charge in [-0.25, -0.2) is 0 Å². The van der Waals surface area contributed by atoms with E-state index >= 15 is 0 Å². The van der Waals surface area contributed by atoms with Crippen LogP contribution in [0.4, 0.5) is 13.2 Å². The molecule has 0 bridgehead atoms. The first-order chi connectivity index (χ1) is 12.9. The maximum absolute atomic E-state index is 12.6. The second kappa shape index (κ2) is 10.5. The first-order valence-electron chi connectivity index (χ1n) is 9.17. The van der Waals surface area contributed by atoms with Crippen molar-refractivity contribution < 1.29 is 22.6 Å². The van der Waals surface area contributed by atoms with E-state index < -0.39 is 11.7 Å². The number of alkyl halides is 3. The number of hydrogen-bond acceptors (Lipinski definition) is 3. The second-order valence-electron chi connectivity index (χ2n) is 6.56. The average molecular weight is 387 g/mol. The molecule has 1 aliphatic rings. The van der Waals surface area contributed by atoms with Crippen LogP contribution in [0.25, 0.3) is 0 Å². The molecular weight excluding hydrogens is 359 g/mol. The summed E-state index contributed by atoms with van der Waals surface area (Å²) in [6, 6.07) is 5.20. The lowest BCUT2D eigenvalue weighted by molar-refractivity contribution is -0.137. The lowest BCUT2D eigenvalue weighted by Crippen LogP contribution is -2.39. The molecule has 152 valence electrons. The number of nitrogens with one attached hydrogen (secondary N) is 1. The Hall–Kier alpha value is -1.80. The summed E-state index contributed by atoms with van der Waals surface area (Å²) in [5, 5.41) is 3.25. The van der Waals surface area contributed by atoms with Gasteiger partial charge in [0.2, 0.25) is 0 Å². The van der Waals surface area contributed by atoms with E-state index in [-0.39, 0.29) is 0 Å². The van der Waals surface area contributed by atoms with Gasteiger partial charge in [0, 0.05) is 47.0 Å². The lowest BCUT2D eigenvalue weighted by Gasteiger charge is -2.24. The van der Waals surface area contributed by atoms with Crippen molar-refractivity contribution in [1.82, 2.24) is 10.2 Å². The van der Waals surface area contributed by atoms with Gasteiger partial charge >= 0.3 is 6.18 Å². The molecule has 1 fully saturated rings. The first kappa shape index (κ1) is 21.5. The summed E-state index contributed by atoms with van der Waals surface area (Å²) in [6.07, 6.45) is -1.27. The van der Waals surface area contributed by atoms with Crippen molar-refractivity contribution in [3.05, 3.63) is 35.4 Å². The Labute approximate surface area is 158 Å². The molecule has 0 aromatic heterocycles. The van der Waals surface area contributed by atoms with E-state index in [0.717, 1.165) is 50.2 Å². The van der Waals surface area contributed by atoms with Crippen LogP contribution in [-0.2, 0) is 22.2 Å². The first-order valence-corrected chi connectivity index (χ1v) is 9.17. The molecule has 0 aliphatic carbocycles. The monoisotopic (exact) mass is 387 g/mol. The predicted octanol–water partition coefficient (Wildman–Crippen LogP) is 3.30.